The number of hydrogen-bond acceptors (Lipinski definition) is 6. The molecule has 3 aromatic rings. The Labute approximate surface area is 164 Å². The molecule has 0 unspecified atom stereocenters. The molecule has 2 aromatic heterocycles. The van der Waals surface area contributed by atoms with Crippen molar-refractivity contribution in [2.24, 2.45) is 0 Å². The van der Waals surface area contributed by atoms with Gasteiger partial charge in [-0.15, -0.1) is 0 Å². The van der Waals surface area contributed by atoms with Crippen LogP contribution >= 0.6 is 0 Å². The van der Waals surface area contributed by atoms with Crippen molar-refractivity contribution in [3.8, 4) is 5.75 Å². The summed E-state index contributed by atoms with van der Waals surface area (Å²) < 4.78 is 9.33. The van der Waals surface area contributed by atoms with Crippen molar-refractivity contribution in [2.45, 2.75) is 45.6 Å². The molecule has 1 aromatic carbocycles. The van der Waals surface area contributed by atoms with Gasteiger partial charge in [-0.3, -0.25) is 9.58 Å². The number of hydrogen-bond donors (Lipinski definition) is 1. The van der Waals surface area contributed by atoms with Crippen LogP contribution in [-0.4, -0.2) is 48.2 Å². The van der Waals surface area contributed by atoms with E-state index < -0.39 is 6.10 Å². The molecule has 4 rings (SSSR count). The van der Waals surface area contributed by atoms with Crippen molar-refractivity contribution in [2.75, 3.05) is 13.7 Å². The van der Waals surface area contributed by atoms with Gasteiger partial charge in [0.1, 0.15) is 18.4 Å². The molecular formula is C20H26N6O2. The third-order valence-electron chi connectivity index (χ3n) is 5.17. The number of aliphatic hydroxyl groups is 1. The van der Waals surface area contributed by atoms with Crippen LogP contribution in [0.5, 0.6) is 5.75 Å². The van der Waals surface area contributed by atoms with E-state index in [-0.39, 0.29) is 0 Å². The summed E-state index contributed by atoms with van der Waals surface area (Å²) in [5.74, 6) is 0.856. The van der Waals surface area contributed by atoms with Gasteiger partial charge in [0, 0.05) is 25.2 Å². The Morgan fingerprint density at radius 3 is 2.86 bits per heavy atom. The third kappa shape index (κ3) is 3.93. The van der Waals surface area contributed by atoms with Crippen molar-refractivity contribution in [3.05, 3.63) is 59.4 Å². The zero-order valence-corrected chi connectivity index (χ0v) is 16.3. The van der Waals surface area contributed by atoms with E-state index in [0.717, 1.165) is 48.9 Å². The average Bonchev–Trinajstić information content (AvgIpc) is 3.37. The van der Waals surface area contributed by atoms with Crippen LogP contribution in [0.4, 0.5) is 0 Å². The van der Waals surface area contributed by atoms with Crippen LogP contribution in [0.2, 0.25) is 0 Å². The molecule has 1 aliphatic rings. The van der Waals surface area contributed by atoms with E-state index in [9.17, 15) is 5.11 Å². The Balaban J connectivity index is 1.48. The maximum absolute atomic E-state index is 10.1. The standard InChI is InChI=1S/C20H26N6O2/c1-3-19(27)18-9-17-12-24(6-7-26(17)23-18)10-15-4-5-20(28-2)16(8-15)11-25-14-21-13-22-25/h4-5,8-9,13-14,19,27H,3,6-7,10-12H2,1-2H3/t19-/m0/s1. The Bertz CT molecular complexity index is 921. The molecule has 0 aliphatic carbocycles. The van der Waals surface area contributed by atoms with Gasteiger partial charge < -0.3 is 9.84 Å². The summed E-state index contributed by atoms with van der Waals surface area (Å²) in [5.41, 5.74) is 4.25. The molecule has 0 fully saturated rings. The van der Waals surface area contributed by atoms with Gasteiger partial charge in [0.05, 0.1) is 37.7 Å². The summed E-state index contributed by atoms with van der Waals surface area (Å²) in [6, 6.07) is 8.34. The molecule has 1 N–H and O–H groups in total. The lowest BCUT2D eigenvalue weighted by atomic mass is 10.1. The first-order valence-electron chi connectivity index (χ1n) is 9.61. The maximum Gasteiger partial charge on any atom is 0.137 e. The summed E-state index contributed by atoms with van der Waals surface area (Å²) in [4.78, 5) is 6.41. The smallest absolute Gasteiger partial charge is 0.137 e. The maximum atomic E-state index is 10.1. The Kier molecular flexibility index (Phi) is 5.40. The molecule has 0 saturated carbocycles. The predicted octanol–water partition coefficient (Wildman–Crippen LogP) is 1.99. The highest BCUT2D eigenvalue weighted by Gasteiger charge is 2.21. The van der Waals surface area contributed by atoms with Crippen LogP contribution in [0.3, 0.4) is 0 Å². The number of rotatable bonds is 7. The minimum atomic E-state index is -0.479. The van der Waals surface area contributed by atoms with Crippen LogP contribution in [0, 0.1) is 0 Å². The van der Waals surface area contributed by atoms with E-state index in [0.29, 0.717) is 13.0 Å². The predicted molar refractivity (Wildman–Crippen MR) is 104 cm³/mol. The largest absolute Gasteiger partial charge is 0.496 e. The first-order chi connectivity index (χ1) is 13.7. The lowest BCUT2D eigenvalue weighted by Crippen LogP contribution is -2.33. The molecule has 8 nitrogen and oxygen atoms in total. The van der Waals surface area contributed by atoms with Gasteiger partial charge >= 0.3 is 0 Å². The first-order valence-corrected chi connectivity index (χ1v) is 9.61. The minimum absolute atomic E-state index is 0.479. The van der Waals surface area contributed by atoms with Crippen LogP contribution in [0.25, 0.3) is 0 Å². The van der Waals surface area contributed by atoms with E-state index >= 15 is 0 Å². The molecule has 8 heteroatoms. The van der Waals surface area contributed by atoms with E-state index in [1.54, 1.807) is 18.1 Å². The van der Waals surface area contributed by atoms with Gasteiger partial charge in [-0.2, -0.15) is 10.2 Å². The highest BCUT2D eigenvalue weighted by Crippen LogP contribution is 2.24. The fourth-order valence-electron chi connectivity index (χ4n) is 3.65. The molecule has 0 radical (unpaired) electrons. The second kappa shape index (κ2) is 8.12. The number of ether oxygens (including phenoxy) is 1. The number of aromatic nitrogens is 5. The highest BCUT2D eigenvalue weighted by atomic mass is 16.5. The van der Waals surface area contributed by atoms with E-state index in [2.05, 4.69) is 32.2 Å². The van der Waals surface area contributed by atoms with Crippen molar-refractivity contribution >= 4 is 0 Å². The van der Waals surface area contributed by atoms with E-state index in [4.69, 9.17) is 4.74 Å². The summed E-state index contributed by atoms with van der Waals surface area (Å²) in [5, 5.41) is 18.8. The van der Waals surface area contributed by atoms with E-state index in [1.165, 1.54) is 11.9 Å². The molecule has 148 valence electrons. The summed E-state index contributed by atoms with van der Waals surface area (Å²) in [7, 11) is 1.69. The van der Waals surface area contributed by atoms with Crippen LogP contribution in [0.1, 0.15) is 42.0 Å². The van der Waals surface area contributed by atoms with Gasteiger partial charge in [-0.1, -0.05) is 13.0 Å². The number of methoxy groups -OCH3 is 1. The summed E-state index contributed by atoms with van der Waals surface area (Å²) in [6.45, 7) is 6.05. The normalized spacial score (nSPS) is 15.4. The lowest BCUT2D eigenvalue weighted by molar-refractivity contribution is 0.166. The van der Waals surface area contributed by atoms with Crippen LogP contribution in [0.15, 0.2) is 36.9 Å². The molecule has 28 heavy (non-hydrogen) atoms. The minimum Gasteiger partial charge on any atom is -0.496 e. The molecule has 0 saturated heterocycles. The average molecular weight is 382 g/mol. The Hall–Kier alpha value is -2.71. The number of fused-ring (bicyclic) bond motifs is 1. The fraction of sp³-hybridized carbons (Fsp3) is 0.450. The number of benzene rings is 1. The van der Waals surface area contributed by atoms with E-state index in [1.807, 2.05) is 23.7 Å². The molecular weight excluding hydrogens is 356 g/mol. The summed E-state index contributed by atoms with van der Waals surface area (Å²) >= 11 is 0. The number of aliphatic hydroxyl groups excluding tert-OH is 1. The number of nitrogens with zero attached hydrogens (tertiary/aromatic N) is 6. The Morgan fingerprint density at radius 2 is 2.11 bits per heavy atom. The first kappa shape index (κ1) is 18.6. The van der Waals surface area contributed by atoms with Crippen molar-refractivity contribution < 1.29 is 9.84 Å². The molecule has 3 heterocycles. The van der Waals surface area contributed by atoms with Crippen molar-refractivity contribution in [1.29, 1.82) is 0 Å². The lowest BCUT2D eigenvalue weighted by Gasteiger charge is -2.27. The third-order valence-corrected chi connectivity index (χ3v) is 5.17. The fourth-order valence-corrected chi connectivity index (χ4v) is 3.65. The van der Waals surface area contributed by atoms with Gasteiger partial charge in [-0.05, 0) is 30.2 Å². The molecule has 0 bridgehead atoms. The second-order valence-corrected chi connectivity index (χ2v) is 7.16. The zero-order valence-electron chi connectivity index (χ0n) is 16.3. The van der Waals surface area contributed by atoms with Gasteiger partial charge in [0.25, 0.3) is 0 Å². The van der Waals surface area contributed by atoms with Crippen LogP contribution < -0.4 is 4.74 Å². The second-order valence-electron chi connectivity index (χ2n) is 7.16. The molecule has 0 amide bonds. The quantitative estimate of drug-likeness (QED) is 0.673. The molecule has 1 aliphatic heterocycles. The topological polar surface area (TPSA) is 81.2 Å². The van der Waals surface area contributed by atoms with Crippen LogP contribution in [-0.2, 0) is 26.2 Å². The zero-order chi connectivity index (χ0) is 19.5. The van der Waals surface area contributed by atoms with Gasteiger partial charge in [0.2, 0.25) is 0 Å². The Morgan fingerprint density at radius 1 is 1.21 bits per heavy atom. The van der Waals surface area contributed by atoms with Gasteiger partial charge in [0.15, 0.2) is 0 Å². The molecule has 1 atom stereocenters. The SMILES string of the molecule is CC[C@H](O)c1cc2n(n1)CCN(Cc1ccc(OC)c(Cn3cncn3)c1)C2. The van der Waals surface area contributed by atoms with Crippen molar-refractivity contribution in [3.63, 3.8) is 0 Å². The monoisotopic (exact) mass is 382 g/mol. The molecule has 0 spiro atoms. The van der Waals surface area contributed by atoms with Gasteiger partial charge in [-0.25, -0.2) is 9.67 Å². The van der Waals surface area contributed by atoms with Crippen molar-refractivity contribution in [1.82, 2.24) is 29.4 Å². The highest BCUT2D eigenvalue weighted by molar-refractivity contribution is 5.37. The summed E-state index contributed by atoms with van der Waals surface area (Å²) in [6.07, 6.45) is 3.45.